The molecule has 1 N–H and O–H groups in total. The van der Waals surface area contributed by atoms with Crippen molar-refractivity contribution < 1.29 is 18.0 Å². The van der Waals surface area contributed by atoms with Gasteiger partial charge in [-0.05, 0) is 12.1 Å². The standard InChI is InChI=1S/C11H11F3N2OS/c12-11(13,14)8-3-1-2-4-9(8)15-10(17)16-5-6-18-7-16/h1-4H,5-7H2,(H,15,17). The predicted octanol–water partition coefficient (Wildman–Crippen LogP) is 3.24. The Morgan fingerprint density at radius 1 is 1.33 bits per heavy atom. The molecule has 1 aliphatic heterocycles. The summed E-state index contributed by atoms with van der Waals surface area (Å²) in [6.07, 6.45) is -4.47. The Morgan fingerprint density at radius 3 is 2.67 bits per heavy atom. The fourth-order valence-electron chi connectivity index (χ4n) is 1.61. The first-order valence-electron chi connectivity index (χ1n) is 5.28. The molecule has 0 bridgehead atoms. The SMILES string of the molecule is O=C(Nc1ccccc1C(F)(F)F)N1CCSC1. The number of carbonyl (C=O) groups excluding carboxylic acids is 1. The van der Waals surface area contributed by atoms with Gasteiger partial charge in [0.1, 0.15) is 0 Å². The van der Waals surface area contributed by atoms with Crippen LogP contribution in [0, 0.1) is 0 Å². The number of hydrogen-bond donors (Lipinski definition) is 1. The van der Waals surface area contributed by atoms with Crippen LogP contribution in [-0.4, -0.2) is 29.1 Å². The van der Waals surface area contributed by atoms with E-state index in [-0.39, 0.29) is 5.69 Å². The molecule has 2 rings (SSSR count). The third-order valence-electron chi connectivity index (χ3n) is 2.51. The lowest BCUT2D eigenvalue weighted by Gasteiger charge is -2.18. The number of benzene rings is 1. The summed E-state index contributed by atoms with van der Waals surface area (Å²) in [6.45, 7) is 0.560. The van der Waals surface area contributed by atoms with Crippen LogP contribution in [0.4, 0.5) is 23.7 Å². The van der Waals surface area contributed by atoms with Gasteiger partial charge in [-0.2, -0.15) is 13.2 Å². The number of nitrogens with one attached hydrogen (secondary N) is 1. The maximum absolute atomic E-state index is 12.7. The molecule has 1 aliphatic rings. The maximum Gasteiger partial charge on any atom is 0.418 e. The minimum absolute atomic E-state index is 0.202. The normalized spacial score (nSPS) is 15.8. The molecule has 0 spiro atoms. The molecule has 0 atom stereocenters. The molecule has 2 amide bonds. The Balaban J connectivity index is 2.16. The van der Waals surface area contributed by atoms with Crippen molar-refractivity contribution in [3.05, 3.63) is 29.8 Å². The quantitative estimate of drug-likeness (QED) is 0.854. The van der Waals surface area contributed by atoms with Crippen LogP contribution in [0.15, 0.2) is 24.3 Å². The first-order valence-corrected chi connectivity index (χ1v) is 6.44. The molecular weight excluding hydrogens is 265 g/mol. The molecule has 1 heterocycles. The molecule has 98 valence electrons. The van der Waals surface area contributed by atoms with E-state index in [2.05, 4.69) is 5.32 Å². The van der Waals surface area contributed by atoms with Gasteiger partial charge in [-0.1, -0.05) is 12.1 Å². The lowest BCUT2D eigenvalue weighted by Crippen LogP contribution is -2.32. The Labute approximate surface area is 106 Å². The monoisotopic (exact) mass is 276 g/mol. The van der Waals surface area contributed by atoms with Crippen LogP contribution >= 0.6 is 11.8 Å². The van der Waals surface area contributed by atoms with E-state index >= 15 is 0 Å². The second kappa shape index (κ2) is 5.09. The van der Waals surface area contributed by atoms with Gasteiger partial charge in [0.15, 0.2) is 0 Å². The topological polar surface area (TPSA) is 32.3 Å². The molecule has 3 nitrogen and oxygen atoms in total. The summed E-state index contributed by atoms with van der Waals surface area (Å²) >= 11 is 1.57. The summed E-state index contributed by atoms with van der Waals surface area (Å²) in [5, 5.41) is 2.31. The van der Waals surface area contributed by atoms with Gasteiger partial charge in [-0.15, -0.1) is 11.8 Å². The highest BCUT2D eigenvalue weighted by Gasteiger charge is 2.34. The summed E-state index contributed by atoms with van der Waals surface area (Å²) < 4.78 is 38.1. The summed E-state index contributed by atoms with van der Waals surface area (Å²) in [4.78, 5) is 13.2. The van der Waals surface area contributed by atoms with E-state index in [1.807, 2.05) is 0 Å². The molecule has 1 fully saturated rings. The number of hydrogen-bond acceptors (Lipinski definition) is 2. The largest absolute Gasteiger partial charge is 0.418 e. The lowest BCUT2D eigenvalue weighted by molar-refractivity contribution is -0.136. The third kappa shape index (κ3) is 2.90. The Kier molecular flexibility index (Phi) is 3.70. The van der Waals surface area contributed by atoms with Gasteiger partial charge in [0.25, 0.3) is 0 Å². The summed E-state index contributed by atoms with van der Waals surface area (Å²) in [5.41, 5.74) is -1.03. The zero-order chi connectivity index (χ0) is 13.2. The van der Waals surface area contributed by atoms with Crippen LogP contribution in [0.2, 0.25) is 0 Å². The van der Waals surface area contributed by atoms with Crippen molar-refractivity contribution in [3.8, 4) is 0 Å². The number of rotatable bonds is 1. The average Bonchev–Trinajstić information content (AvgIpc) is 2.81. The Bertz CT molecular complexity index is 444. The molecule has 18 heavy (non-hydrogen) atoms. The second-order valence-electron chi connectivity index (χ2n) is 3.77. The van der Waals surface area contributed by atoms with Crippen LogP contribution in [0.5, 0.6) is 0 Å². The van der Waals surface area contributed by atoms with Gasteiger partial charge in [0.2, 0.25) is 0 Å². The van der Waals surface area contributed by atoms with Gasteiger partial charge in [0.05, 0.1) is 17.1 Å². The van der Waals surface area contributed by atoms with Gasteiger partial charge >= 0.3 is 12.2 Å². The zero-order valence-electron chi connectivity index (χ0n) is 9.33. The highest BCUT2D eigenvalue weighted by molar-refractivity contribution is 7.99. The number of urea groups is 1. The molecule has 1 aromatic rings. The number of alkyl halides is 3. The van der Waals surface area contributed by atoms with Crippen LogP contribution in [-0.2, 0) is 6.18 Å². The number of amides is 2. The third-order valence-corrected chi connectivity index (χ3v) is 3.48. The van der Waals surface area contributed by atoms with Crippen molar-refractivity contribution in [2.24, 2.45) is 0 Å². The number of carbonyl (C=O) groups is 1. The van der Waals surface area contributed by atoms with E-state index < -0.39 is 17.8 Å². The summed E-state index contributed by atoms with van der Waals surface area (Å²) in [5.74, 6) is 1.33. The summed E-state index contributed by atoms with van der Waals surface area (Å²) in [7, 11) is 0. The fraction of sp³-hybridized carbons (Fsp3) is 0.364. The van der Waals surface area contributed by atoms with Crippen LogP contribution in [0.1, 0.15) is 5.56 Å². The molecule has 0 saturated carbocycles. The van der Waals surface area contributed by atoms with Gasteiger partial charge in [-0.25, -0.2) is 4.79 Å². The van der Waals surface area contributed by atoms with Gasteiger partial charge in [0, 0.05) is 12.3 Å². The van der Waals surface area contributed by atoms with Crippen molar-refractivity contribution >= 4 is 23.5 Å². The van der Waals surface area contributed by atoms with Crippen molar-refractivity contribution in [1.82, 2.24) is 4.90 Å². The number of nitrogens with zero attached hydrogens (tertiary/aromatic N) is 1. The molecule has 1 aromatic carbocycles. The number of thioether (sulfide) groups is 1. The minimum Gasteiger partial charge on any atom is -0.314 e. The van der Waals surface area contributed by atoms with E-state index in [1.54, 1.807) is 11.8 Å². The van der Waals surface area contributed by atoms with Crippen molar-refractivity contribution in [2.45, 2.75) is 6.18 Å². The molecule has 1 saturated heterocycles. The van der Waals surface area contributed by atoms with Crippen molar-refractivity contribution in [2.75, 3.05) is 23.5 Å². The highest BCUT2D eigenvalue weighted by atomic mass is 32.2. The Hall–Kier alpha value is -1.37. The fourth-order valence-corrected chi connectivity index (χ4v) is 2.55. The smallest absolute Gasteiger partial charge is 0.314 e. The van der Waals surface area contributed by atoms with Crippen LogP contribution in [0.25, 0.3) is 0 Å². The van der Waals surface area contributed by atoms with E-state index in [0.29, 0.717) is 12.4 Å². The predicted molar refractivity (Wildman–Crippen MR) is 64.5 cm³/mol. The molecule has 0 unspecified atom stereocenters. The number of halogens is 3. The molecule has 0 aromatic heterocycles. The average molecular weight is 276 g/mol. The first-order chi connectivity index (χ1) is 8.48. The zero-order valence-corrected chi connectivity index (χ0v) is 10.1. The molecule has 7 heteroatoms. The van der Waals surface area contributed by atoms with E-state index in [4.69, 9.17) is 0 Å². The number of para-hydroxylation sites is 1. The molecule has 0 radical (unpaired) electrons. The first kappa shape index (κ1) is 13.1. The Morgan fingerprint density at radius 2 is 2.06 bits per heavy atom. The number of anilines is 1. The lowest BCUT2D eigenvalue weighted by atomic mass is 10.1. The van der Waals surface area contributed by atoms with Crippen molar-refractivity contribution in [3.63, 3.8) is 0 Å². The molecule has 0 aliphatic carbocycles. The minimum atomic E-state index is -4.47. The second-order valence-corrected chi connectivity index (χ2v) is 4.85. The maximum atomic E-state index is 12.7. The summed E-state index contributed by atoms with van der Waals surface area (Å²) in [6, 6.07) is 4.48. The van der Waals surface area contributed by atoms with Crippen LogP contribution in [0.3, 0.4) is 0 Å². The van der Waals surface area contributed by atoms with Gasteiger partial charge < -0.3 is 10.2 Å². The highest BCUT2D eigenvalue weighted by Crippen LogP contribution is 2.34. The van der Waals surface area contributed by atoms with E-state index in [1.165, 1.54) is 23.1 Å². The van der Waals surface area contributed by atoms with E-state index in [0.717, 1.165) is 11.8 Å². The van der Waals surface area contributed by atoms with Crippen LogP contribution < -0.4 is 5.32 Å². The van der Waals surface area contributed by atoms with E-state index in [9.17, 15) is 18.0 Å². The molecular formula is C11H11F3N2OS. The van der Waals surface area contributed by atoms with Gasteiger partial charge in [-0.3, -0.25) is 0 Å². The van der Waals surface area contributed by atoms with Crippen molar-refractivity contribution in [1.29, 1.82) is 0 Å².